The predicted octanol–water partition coefficient (Wildman–Crippen LogP) is 12.5. The lowest BCUT2D eigenvalue weighted by Gasteiger charge is -2.14. The van der Waals surface area contributed by atoms with Crippen LogP contribution < -0.4 is 10.6 Å². The molecule has 0 fully saturated rings. The van der Waals surface area contributed by atoms with Gasteiger partial charge in [-0.15, -0.1) is 0 Å². The Balaban J connectivity index is 0.840. The number of hydrogen-bond acceptors (Lipinski definition) is 6. The summed E-state index contributed by atoms with van der Waals surface area (Å²) in [6.07, 6.45) is 0. The van der Waals surface area contributed by atoms with E-state index in [1.54, 1.807) is 36.4 Å². The van der Waals surface area contributed by atoms with Crippen LogP contribution in [0.4, 0.5) is 11.4 Å². The lowest BCUT2D eigenvalue weighted by Crippen LogP contribution is -2.13. The number of allylic oxidation sites excluding steroid dienone is 2. The Labute approximate surface area is 338 Å². The normalized spacial score (nSPS) is 15.1. The SMILES string of the molecule is O=C(Nc1cc2ccc3cccc4ccc(c1)c2c34)c1cccc2c1SC(=C1Sc3c(C(=O)Nc4cc5ccc6cccc7ccc(c4)c5c67)cccc3C1=O)C2=O. The zero-order valence-electron chi connectivity index (χ0n) is 30.3. The zero-order chi connectivity index (χ0) is 38.8. The molecule has 272 valence electrons. The van der Waals surface area contributed by atoms with Gasteiger partial charge in [0.15, 0.2) is 0 Å². The average molecular weight is 783 g/mol. The standard InChI is InChI=1S/C50H26N2O4S2/c53-43-35-9-3-11-37(49(55)51-33-21-29-17-13-25-5-1-6-26-14-18-30(22-33)41(29)39(25)26)45(35)57-47(43)48-44(54)36-10-4-12-38(46(36)58-48)50(56)52-34-23-31-19-15-27-7-2-8-28-16-20-32(24-34)42(31)40(27)28/h1-24H,(H,51,55)(H,52,56). The number of fused-ring (bicyclic) bond motifs is 2. The van der Waals surface area contributed by atoms with Crippen LogP contribution in [0.1, 0.15) is 41.4 Å². The van der Waals surface area contributed by atoms with E-state index in [-0.39, 0.29) is 33.2 Å². The second-order valence-corrected chi connectivity index (χ2v) is 16.9. The van der Waals surface area contributed by atoms with Gasteiger partial charge in [-0.1, -0.05) is 121 Å². The van der Waals surface area contributed by atoms with Crippen LogP contribution in [-0.2, 0) is 0 Å². The minimum Gasteiger partial charge on any atom is -0.322 e. The van der Waals surface area contributed by atoms with Gasteiger partial charge in [0.25, 0.3) is 11.8 Å². The lowest BCUT2D eigenvalue weighted by atomic mass is 9.94. The Morgan fingerprint density at radius 1 is 0.379 bits per heavy atom. The van der Waals surface area contributed by atoms with E-state index >= 15 is 0 Å². The van der Waals surface area contributed by atoms with Gasteiger partial charge in [-0.2, -0.15) is 0 Å². The van der Waals surface area contributed by atoms with E-state index < -0.39 is 0 Å². The maximum Gasteiger partial charge on any atom is 0.256 e. The number of anilines is 2. The van der Waals surface area contributed by atoms with E-state index in [0.29, 0.717) is 43.4 Å². The predicted molar refractivity (Wildman–Crippen MR) is 236 cm³/mol. The summed E-state index contributed by atoms with van der Waals surface area (Å²) in [5.41, 5.74) is 2.72. The first-order valence-corrected chi connectivity index (χ1v) is 20.4. The topological polar surface area (TPSA) is 92.3 Å². The summed E-state index contributed by atoms with van der Waals surface area (Å²) in [6.45, 7) is 0. The molecule has 2 N–H and O–H groups in total. The quantitative estimate of drug-likeness (QED) is 0.136. The molecule has 12 rings (SSSR count). The second kappa shape index (κ2) is 12.2. The summed E-state index contributed by atoms with van der Waals surface area (Å²) in [5, 5.41) is 19.6. The highest BCUT2D eigenvalue weighted by molar-refractivity contribution is 8.08. The van der Waals surface area contributed by atoms with Crippen LogP contribution in [0.15, 0.2) is 165 Å². The van der Waals surface area contributed by atoms with Crippen LogP contribution >= 0.6 is 23.5 Å². The van der Waals surface area contributed by atoms with Gasteiger partial charge in [-0.05, 0) is 113 Å². The number of rotatable bonds is 4. The summed E-state index contributed by atoms with van der Waals surface area (Å²) >= 11 is 2.28. The molecule has 10 aromatic rings. The highest BCUT2D eigenvalue weighted by atomic mass is 32.2. The van der Waals surface area contributed by atoms with Gasteiger partial charge in [-0.3, -0.25) is 19.2 Å². The zero-order valence-corrected chi connectivity index (χ0v) is 31.9. The van der Waals surface area contributed by atoms with Crippen molar-refractivity contribution in [2.75, 3.05) is 10.6 Å². The van der Waals surface area contributed by atoms with Gasteiger partial charge in [-0.25, -0.2) is 0 Å². The van der Waals surface area contributed by atoms with Crippen molar-refractivity contribution in [3.8, 4) is 0 Å². The van der Waals surface area contributed by atoms with Gasteiger partial charge in [0.05, 0.1) is 20.9 Å². The van der Waals surface area contributed by atoms with Crippen molar-refractivity contribution in [1.29, 1.82) is 0 Å². The molecule has 0 unspecified atom stereocenters. The van der Waals surface area contributed by atoms with E-state index in [1.165, 1.54) is 32.3 Å². The number of benzene rings is 10. The molecule has 2 aliphatic heterocycles. The molecule has 0 aromatic heterocycles. The maximum atomic E-state index is 14.0. The van der Waals surface area contributed by atoms with Crippen molar-refractivity contribution in [2.45, 2.75) is 9.79 Å². The second-order valence-electron chi connectivity index (χ2n) is 14.8. The lowest BCUT2D eigenvalue weighted by molar-refractivity contribution is 0.100. The summed E-state index contributed by atoms with van der Waals surface area (Å²) < 4.78 is 0. The maximum absolute atomic E-state index is 14.0. The third kappa shape index (κ3) is 4.82. The number of hydrogen-bond donors (Lipinski definition) is 2. The first-order chi connectivity index (χ1) is 28.4. The van der Waals surface area contributed by atoms with Crippen LogP contribution in [0, 0.1) is 0 Å². The fourth-order valence-corrected chi connectivity index (χ4v) is 11.4. The van der Waals surface area contributed by atoms with Crippen molar-refractivity contribution in [3.05, 3.63) is 178 Å². The third-order valence-electron chi connectivity index (χ3n) is 11.5. The van der Waals surface area contributed by atoms with E-state index in [1.807, 2.05) is 24.3 Å². The van der Waals surface area contributed by atoms with Crippen molar-refractivity contribution in [2.24, 2.45) is 0 Å². The molecule has 8 heteroatoms. The Morgan fingerprint density at radius 3 is 1.05 bits per heavy atom. The van der Waals surface area contributed by atoms with Gasteiger partial charge in [0, 0.05) is 32.3 Å². The number of thioether (sulfide) groups is 2. The molecular weight excluding hydrogens is 757 g/mol. The van der Waals surface area contributed by atoms with Crippen LogP contribution in [0.3, 0.4) is 0 Å². The number of carbonyl (C=O) groups excluding carboxylic acids is 4. The van der Waals surface area contributed by atoms with Crippen LogP contribution in [0.5, 0.6) is 0 Å². The van der Waals surface area contributed by atoms with E-state index in [0.717, 1.165) is 55.8 Å². The molecule has 0 atom stereocenters. The molecule has 2 amide bonds. The highest BCUT2D eigenvalue weighted by Gasteiger charge is 2.39. The van der Waals surface area contributed by atoms with Gasteiger partial charge in [0.1, 0.15) is 0 Å². The molecule has 0 bridgehead atoms. The summed E-state index contributed by atoms with van der Waals surface area (Å²) in [6, 6.07) is 47.3. The molecule has 0 saturated heterocycles. The minimum absolute atomic E-state index is 0.253. The Kier molecular flexibility index (Phi) is 7.00. The summed E-state index contributed by atoms with van der Waals surface area (Å²) in [7, 11) is 0. The van der Waals surface area contributed by atoms with E-state index in [4.69, 9.17) is 0 Å². The molecule has 2 heterocycles. The molecule has 0 radical (unpaired) electrons. The molecule has 2 aliphatic rings. The van der Waals surface area contributed by atoms with E-state index in [9.17, 15) is 19.2 Å². The fourth-order valence-electron chi connectivity index (χ4n) is 8.90. The van der Waals surface area contributed by atoms with Crippen molar-refractivity contribution >= 4 is 123 Å². The fraction of sp³-hybridized carbons (Fsp3) is 0. The minimum atomic E-state index is -0.351. The van der Waals surface area contributed by atoms with Crippen molar-refractivity contribution in [1.82, 2.24) is 0 Å². The third-order valence-corrected chi connectivity index (χ3v) is 14.1. The first-order valence-electron chi connectivity index (χ1n) is 18.8. The Hall–Kier alpha value is -7.00. The van der Waals surface area contributed by atoms with Gasteiger partial charge < -0.3 is 10.6 Å². The number of carbonyl (C=O) groups is 4. The summed E-state index contributed by atoms with van der Waals surface area (Å²) in [4.78, 5) is 57.4. The van der Waals surface area contributed by atoms with Crippen molar-refractivity contribution in [3.63, 3.8) is 0 Å². The van der Waals surface area contributed by atoms with Gasteiger partial charge in [0.2, 0.25) is 11.6 Å². The first kappa shape index (κ1) is 33.2. The van der Waals surface area contributed by atoms with Gasteiger partial charge >= 0.3 is 0 Å². The number of Topliss-reactive ketones (excluding diaryl/α,β-unsaturated/α-hetero) is 2. The largest absolute Gasteiger partial charge is 0.322 e. The van der Waals surface area contributed by atoms with Crippen LogP contribution in [0.2, 0.25) is 0 Å². The Morgan fingerprint density at radius 2 is 0.690 bits per heavy atom. The van der Waals surface area contributed by atoms with Crippen LogP contribution in [-0.4, -0.2) is 23.4 Å². The molecule has 58 heavy (non-hydrogen) atoms. The average Bonchev–Trinajstić information content (AvgIpc) is 3.77. The molecule has 0 spiro atoms. The van der Waals surface area contributed by atoms with Crippen LogP contribution in [0.25, 0.3) is 64.6 Å². The molecule has 0 saturated carbocycles. The summed E-state index contributed by atoms with van der Waals surface area (Å²) in [5.74, 6) is -1.34. The van der Waals surface area contributed by atoms with Crippen molar-refractivity contribution < 1.29 is 19.2 Å². The molecular formula is C50H26N2O4S2. The number of nitrogens with one attached hydrogen (secondary N) is 2. The highest BCUT2D eigenvalue weighted by Crippen LogP contribution is 2.52. The number of ketones is 2. The Bertz CT molecular complexity index is 3190. The number of amides is 2. The monoisotopic (exact) mass is 782 g/mol. The molecule has 10 aromatic carbocycles. The molecule has 6 nitrogen and oxygen atoms in total. The molecule has 0 aliphatic carbocycles. The smallest absolute Gasteiger partial charge is 0.256 e. The van der Waals surface area contributed by atoms with E-state index in [2.05, 4.69) is 95.6 Å².